The molecular weight excluding hydrogens is 284 g/mol. The highest BCUT2D eigenvalue weighted by Crippen LogP contribution is 2.40. The molecule has 0 fully saturated rings. The van der Waals surface area contributed by atoms with Crippen molar-refractivity contribution in [3.63, 3.8) is 0 Å². The Morgan fingerprint density at radius 1 is 1.24 bits per heavy atom. The molecule has 1 unspecified atom stereocenters. The second-order valence-electron chi connectivity index (χ2n) is 4.76. The lowest BCUT2D eigenvalue weighted by molar-refractivity contribution is -0.117. The van der Waals surface area contributed by atoms with Crippen molar-refractivity contribution >= 4 is 17.5 Å². The summed E-state index contributed by atoms with van der Waals surface area (Å²) in [6.45, 7) is 1.59. The molecule has 1 N–H and O–H groups in total. The third-order valence-electron chi connectivity index (χ3n) is 3.07. The van der Waals surface area contributed by atoms with E-state index in [0.717, 1.165) is 10.5 Å². The fourth-order valence-corrected chi connectivity index (χ4v) is 3.29. The van der Waals surface area contributed by atoms with Crippen LogP contribution < -0.4 is 4.74 Å². The molecule has 0 heterocycles. The Balaban J connectivity index is 2.29. The molecule has 0 aliphatic carbocycles. The van der Waals surface area contributed by atoms with Crippen LogP contribution in [0.4, 0.5) is 0 Å². The van der Waals surface area contributed by atoms with Crippen LogP contribution in [0.1, 0.15) is 24.2 Å². The summed E-state index contributed by atoms with van der Waals surface area (Å²) in [5.41, 5.74) is 0.966. The molecule has 4 heteroatoms. The van der Waals surface area contributed by atoms with Crippen LogP contribution in [-0.4, -0.2) is 18.0 Å². The fraction of sp³-hybridized carbons (Fsp3) is 0.235. The standard InChI is InChI=1S/C17H18O3S/c1-12(18)10-17(21-14-6-4-3-5-7-14)13-8-9-15(19)16(11-13)20-2/h3-9,11,17,19H,10H2,1-2H3. The highest BCUT2D eigenvalue weighted by Gasteiger charge is 2.17. The highest BCUT2D eigenvalue weighted by atomic mass is 32.2. The maximum absolute atomic E-state index is 11.5. The van der Waals surface area contributed by atoms with Crippen molar-refractivity contribution in [2.75, 3.05) is 7.11 Å². The molecule has 2 aromatic carbocycles. The molecule has 21 heavy (non-hydrogen) atoms. The lowest BCUT2D eigenvalue weighted by Gasteiger charge is -2.17. The molecule has 0 spiro atoms. The number of thioether (sulfide) groups is 1. The number of carbonyl (C=O) groups is 1. The zero-order chi connectivity index (χ0) is 15.2. The lowest BCUT2D eigenvalue weighted by atomic mass is 10.1. The third kappa shape index (κ3) is 4.26. The van der Waals surface area contributed by atoms with Gasteiger partial charge >= 0.3 is 0 Å². The molecule has 2 aromatic rings. The quantitative estimate of drug-likeness (QED) is 0.812. The van der Waals surface area contributed by atoms with Crippen molar-refractivity contribution in [2.45, 2.75) is 23.5 Å². The predicted octanol–water partition coefficient (Wildman–Crippen LogP) is 4.21. The van der Waals surface area contributed by atoms with Crippen molar-refractivity contribution in [3.8, 4) is 11.5 Å². The van der Waals surface area contributed by atoms with Crippen LogP contribution in [0.5, 0.6) is 11.5 Å². The molecule has 3 nitrogen and oxygen atoms in total. The molecule has 0 aromatic heterocycles. The van der Waals surface area contributed by atoms with Gasteiger partial charge in [0.25, 0.3) is 0 Å². The van der Waals surface area contributed by atoms with Crippen molar-refractivity contribution in [3.05, 3.63) is 54.1 Å². The minimum atomic E-state index is -0.000556. The van der Waals surface area contributed by atoms with E-state index in [1.165, 1.54) is 7.11 Å². The van der Waals surface area contributed by atoms with E-state index in [9.17, 15) is 9.90 Å². The molecule has 0 aliphatic rings. The van der Waals surface area contributed by atoms with Crippen molar-refractivity contribution in [1.82, 2.24) is 0 Å². The second kappa shape index (κ2) is 7.18. The number of phenols is 1. The maximum atomic E-state index is 11.5. The van der Waals surface area contributed by atoms with Crippen molar-refractivity contribution in [2.24, 2.45) is 0 Å². The maximum Gasteiger partial charge on any atom is 0.160 e. The molecule has 1 atom stereocenters. The van der Waals surface area contributed by atoms with Gasteiger partial charge in [0, 0.05) is 16.6 Å². The van der Waals surface area contributed by atoms with Gasteiger partial charge in [0.15, 0.2) is 11.5 Å². The Labute approximate surface area is 129 Å². The number of methoxy groups -OCH3 is 1. The first-order chi connectivity index (χ1) is 10.1. The van der Waals surface area contributed by atoms with E-state index in [0.29, 0.717) is 12.2 Å². The molecule has 0 radical (unpaired) electrons. The Bertz CT molecular complexity index is 611. The summed E-state index contributed by atoms with van der Waals surface area (Å²) in [6.07, 6.45) is 0.438. The second-order valence-corrected chi connectivity index (χ2v) is 6.03. The Morgan fingerprint density at radius 3 is 2.57 bits per heavy atom. The highest BCUT2D eigenvalue weighted by molar-refractivity contribution is 7.99. The number of phenolic OH excluding ortho intramolecular Hbond substituents is 1. The number of hydrogen-bond donors (Lipinski definition) is 1. The van der Waals surface area contributed by atoms with Gasteiger partial charge in [-0.15, -0.1) is 11.8 Å². The van der Waals surface area contributed by atoms with Gasteiger partial charge in [0.05, 0.1) is 7.11 Å². The average Bonchev–Trinajstić information content (AvgIpc) is 2.48. The van der Waals surface area contributed by atoms with E-state index in [4.69, 9.17) is 4.74 Å². The minimum absolute atomic E-state index is 0.000556. The number of ether oxygens (including phenoxy) is 1. The van der Waals surface area contributed by atoms with E-state index >= 15 is 0 Å². The minimum Gasteiger partial charge on any atom is -0.504 e. The Hall–Kier alpha value is -1.94. The SMILES string of the molecule is COc1cc(C(CC(C)=O)Sc2ccccc2)ccc1O. The van der Waals surface area contributed by atoms with Crippen LogP contribution in [0.3, 0.4) is 0 Å². The van der Waals surface area contributed by atoms with Gasteiger partial charge in [0.1, 0.15) is 5.78 Å². The summed E-state index contributed by atoms with van der Waals surface area (Å²) in [5.74, 6) is 0.665. The van der Waals surface area contributed by atoms with Crippen molar-refractivity contribution < 1.29 is 14.6 Å². The topological polar surface area (TPSA) is 46.5 Å². The first-order valence-corrected chi connectivity index (χ1v) is 7.56. The van der Waals surface area contributed by atoms with Gasteiger partial charge in [-0.05, 0) is 36.8 Å². The van der Waals surface area contributed by atoms with Gasteiger partial charge in [-0.1, -0.05) is 24.3 Å². The predicted molar refractivity (Wildman–Crippen MR) is 85.0 cm³/mol. The summed E-state index contributed by atoms with van der Waals surface area (Å²) in [6, 6.07) is 15.2. The summed E-state index contributed by atoms with van der Waals surface area (Å²) in [4.78, 5) is 12.7. The van der Waals surface area contributed by atoms with Gasteiger partial charge in [-0.2, -0.15) is 0 Å². The van der Waals surface area contributed by atoms with Crippen LogP contribution in [0.2, 0.25) is 0 Å². The first-order valence-electron chi connectivity index (χ1n) is 6.68. The van der Waals surface area contributed by atoms with E-state index < -0.39 is 0 Å². The number of carbonyl (C=O) groups excluding carboxylic acids is 1. The van der Waals surface area contributed by atoms with E-state index in [1.807, 2.05) is 36.4 Å². The molecular formula is C17H18O3S. The number of ketones is 1. The lowest BCUT2D eigenvalue weighted by Crippen LogP contribution is -2.01. The van der Waals surface area contributed by atoms with Gasteiger partial charge < -0.3 is 9.84 Å². The number of rotatable bonds is 6. The van der Waals surface area contributed by atoms with Crippen LogP contribution in [-0.2, 0) is 4.79 Å². The Kier molecular flexibility index (Phi) is 5.28. The van der Waals surface area contributed by atoms with E-state index in [2.05, 4.69) is 0 Å². The van der Waals surface area contributed by atoms with Gasteiger partial charge in [0.2, 0.25) is 0 Å². The van der Waals surface area contributed by atoms with Crippen LogP contribution in [0, 0.1) is 0 Å². The molecule has 110 valence electrons. The molecule has 0 bridgehead atoms. The van der Waals surface area contributed by atoms with Crippen LogP contribution >= 0.6 is 11.8 Å². The molecule has 0 amide bonds. The summed E-state index contributed by atoms with van der Waals surface area (Å²) in [7, 11) is 1.52. The largest absolute Gasteiger partial charge is 0.504 e. The molecule has 2 rings (SSSR count). The summed E-state index contributed by atoms with van der Waals surface area (Å²) < 4.78 is 5.15. The average molecular weight is 302 g/mol. The van der Waals surface area contributed by atoms with Gasteiger partial charge in [-0.3, -0.25) is 4.79 Å². The number of benzene rings is 2. The van der Waals surface area contributed by atoms with E-state index in [1.54, 1.807) is 30.8 Å². The number of Topliss-reactive ketones (excluding diaryl/α,β-unsaturated/α-hetero) is 1. The smallest absolute Gasteiger partial charge is 0.160 e. The van der Waals surface area contributed by atoms with Crippen LogP contribution in [0.15, 0.2) is 53.4 Å². The monoisotopic (exact) mass is 302 g/mol. The van der Waals surface area contributed by atoms with Crippen LogP contribution in [0.25, 0.3) is 0 Å². The third-order valence-corrected chi connectivity index (χ3v) is 4.34. The van der Waals surface area contributed by atoms with Gasteiger partial charge in [-0.25, -0.2) is 0 Å². The van der Waals surface area contributed by atoms with E-state index in [-0.39, 0.29) is 16.8 Å². The zero-order valence-electron chi connectivity index (χ0n) is 12.1. The summed E-state index contributed by atoms with van der Waals surface area (Å²) >= 11 is 1.64. The fourth-order valence-electron chi connectivity index (χ4n) is 2.05. The number of hydrogen-bond acceptors (Lipinski definition) is 4. The zero-order valence-corrected chi connectivity index (χ0v) is 12.9. The number of aromatic hydroxyl groups is 1. The molecule has 0 aliphatic heterocycles. The molecule has 0 saturated heterocycles. The Morgan fingerprint density at radius 2 is 1.95 bits per heavy atom. The molecule has 0 saturated carbocycles. The first kappa shape index (κ1) is 15.4. The summed E-state index contributed by atoms with van der Waals surface area (Å²) in [5, 5.41) is 9.69. The van der Waals surface area contributed by atoms with Crippen molar-refractivity contribution in [1.29, 1.82) is 0 Å². The normalized spacial score (nSPS) is 11.9.